The van der Waals surface area contributed by atoms with Gasteiger partial charge in [-0.3, -0.25) is 4.79 Å². The molecule has 2 aromatic carbocycles. The number of nitrogens with zero attached hydrogens (tertiary/aromatic N) is 1. The number of thiazole rings is 1. The molecule has 0 aliphatic heterocycles. The molecule has 3 aromatic rings. The van der Waals surface area contributed by atoms with Crippen LogP contribution >= 0.6 is 11.3 Å². The van der Waals surface area contributed by atoms with E-state index in [1.165, 1.54) is 36.1 Å². The Bertz CT molecular complexity index is 1150. The highest BCUT2D eigenvalue weighted by Crippen LogP contribution is 2.26. The van der Waals surface area contributed by atoms with E-state index in [9.17, 15) is 13.2 Å². The molecule has 170 valence electrons. The first-order valence-corrected chi connectivity index (χ1v) is 12.5. The molecule has 1 aromatic heterocycles. The monoisotopic (exact) mass is 473 g/mol. The van der Waals surface area contributed by atoms with Gasteiger partial charge in [0.25, 0.3) is 5.91 Å². The molecular formula is C23H27N3O4S2. The van der Waals surface area contributed by atoms with Crippen LogP contribution in [-0.4, -0.2) is 39.1 Å². The van der Waals surface area contributed by atoms with Crippen molar-refractivity contribution in [2.45, 2.75) is 37.6 Å². The minimum Gasteiger partial charge on any atom is -0.383 e. The Morgan fingerprint density at radius 2 is 1.72 bits per heavy atom. The first-order chi connectivity index (χ1) is 15.2. The van der Waals surface area contributed by atoms with E-state index in [-0.39, 0.29) is 23.5 Å². The van der Waals surface area contributed by atoms with E-state index in [0.717, 1.165) is 10.6 Å². The molecule has 0 saturated carbocycles. The summed E-state index contributed by atoms with van der Waals surface area (Å²) in [6, 6.07) is 13.8. The summed E-state index contributed by atoms with van der Waals surface area (Å²) in [5.41, 5.74) is 3.00. The summed E-state index contributed by atoms with van der Waals surface area (Å²) in [4.78, 5) is 17.1. The number of aromatic nitrogens is 1. The Morgan fingerprint density at radius 1 is 1.06 bits per heavy atom. The molecule has 1 heterocycles. The van der Waals surface area contributed by atoms with E-state index in [2.05, 4.69) is 41.0 Å². The smallest absolute Gasteiger partial charge is 0.275 e. The van der Waals surface area contributed by atoms with Crippen LogP contribution in [0.5, 0.6) is 0 Å². The quantitative estimate of drug-likeness (QED) is 0.477. The van der Waals surface area contributed by atoms with E-state index < -0.39 is 10.0 Å². The summed E-state index contributed by atoms with van der Waals surface area (Å²) in [5, 5.41) is 5.23. The number of methoxy groups -OCH3 is 1. The zero-order chi connectivity index (χ0) is 23.3. The van der Waals surface area contributed by atoms with Gasteiger partial charge in [0.2, 0.25) is 10.0 Å². The predicted molar refractivity (Wildman–Crippen MR) is 128 cm³/mol. The maximum atomic E-state index is 12.6. The van der Waals surface area contributed by atoms with Crippen molar-refractivity contribution < 1.29 is 17.9 Å². The first kappa shape index (κ1) is 24.1. The Hall–Kier alpha value is -2.59. The summed E-state index contributed by atoms with van der Waals surface area (Å²) in [6.07, 6.45) is 0. The van der Waals surface area contributed by atoms with Crippen LogP contribution in [-0.2, 0) is 14.8 Å². The van der Waals surface area contributed by atoms with Crippen molar-refractivity contribution in [3.05, 3.63) is 65.2 Å². The van der Waals surface area contributed by atoms with Crippen molar-refractivity contribution in [2.75, 3.05) is 19.0 Å². The van der Waals surface area contributed by atoms with Crippen LogP contribution in [0.4, 0.5) is 5.69 Å². The van der Waals surface area contributed by atoms with Crippen molar-refractivity contribution in [3.8, 4) is 10.6 Å². The maximum Gasteiger partial charge on any atom is 0.275 e. The number of hydrogen-bond donors (Lipinski definition) is 2. The van der Waals surface area contributed by atoms with Crippen LogP contribution in [0.3, 0.4) is 0 Å². The van der Waals surface area contributed by atoms with Gasteiger partial charge in [-0.15, -0.1) is 11.3 Å². The zero-order valence-electron chi connectivity index (χ0n) is 18.5. The zero-order valence-corrected chi connectivity index (χ0v) is 20.1. The fourth-order valence-electron chi connectivity index (χ4n) is 3.05. The number of hydrogen-bond acceptors (Lipinski definition) is 6. The normalized spacial score (nSPS) is 12.7. The summed E-state index contributed by atoms with van der Waals surface area (Å²) >= 11 is 1.40. The number of rotatable bonds is 9. The molecule has 32 heavy (non-hydrogen) atoms. The van der Waals surface area contributed by atoms with E-state index >= 15 is 0 Å². The molecule has 7 nitrogen and oxygen atoms in total. The average Bonchev–Trinajstić information content (AvgIpc) is 3.24. The van der Waals surface area contributed by atoms with Crippen LogP contribution in [0, 0.1) is 0 Å². The van der Waals surface area contributed by atoms with Gasteiger partial charge in [0.05, 0.1) is 11.5 Å². The Balaban J connectivity index is 1.66. The van der Waals surface area contributed by atoms with Crippen LogP contribution in [0.2, 0.25) is 0 Å². The molecular weight excluding hydrogens is 446 g/mol. The number of benzene rings is 2. The molecule has 1 atom stereocenters. The molecule has 0 aliphatic rings. The van der Waals surface area contributed by atoms with Gasteiger partial charge in [-0.2, -0.15) is 0 Å². The van der Waals surface area contributed by atoms with Crippen LogP contribution in [0.25, 0.3) is 10.6 Å². The topological polar surface area (TPSA) is 97.4 Å². The van der Waals surface area contributed by atoms with Gasteiger partial charge in [-0.05, 0) is 42.7 Å². The van der Waals surface area contributed by atoms with Crippen molar-refractivity contribution in [1.29, 1.82) is 0 Å². The lowest BCUT2D eigenvalue weighted by Crippen LogP contribution is -2.35. The molecule has 0 radical (unpaired) electrons. The number of carbonyl (C=O) groups is 1. The summed E-state index contributed by atoms with van der Waals surface area (Å²) in [7, 11) is -2.16. The lowest BCUT2D eigenvalue weighted by Gasteiger charge is -2.13. The largest absolute Gasteiger partial charge is 0.383 e. The molecule has 2 N–H and O–H groups in total. The second-order valence-electron chi connectivity index (χ2n) is 7.77. The van der Waals surface area contributed by atoms with Crippen LogP contribution < -0.4 is 10.0 Å². The van der Waals surface area contributed by atoms with E-state index in [1.54, 1.807) is 24.4 Å². The van der Waals surface area contributed by atoms with Gasteiger partial charge in [0, 0.05) is 29.8 Å². The van der Waals surface area contributed by atoms with E-state index in [4.69, 9.17) is 4.74 Å². The molecule has 0 fully saturated rings. The summed E-state index contributed by atoms with van der Waals surface area (Å²) < 4.78 is 32.3. The maximum absolute atomic E-state index is 12.6. The molecule has 3 rings (SSSR count). The molecule has 0 saturated heterocycles. The first-order valence-electron chi connectivity index (χ1n) is 10.2. The van der Waals surface area contributed by atoms with Gasteiger partial charge < -0.3 is 10.1 Å². The molecule has 0 spiro atoms. The van der Waals surface area contributed by atoms with Crippen molar-refractivity contribution in [3.63, 3.8) is 0 Å². The number of amides is 1. The lowest BCUT2D eigenvalue weighted by molar-refractivity contribution is 0.102. The lowest BCUT2D eigenvalue weighted by atomic mass is 10.0. The molecule has 0 unspecified atom stereocenters. The third kappa shape index (κ3) is 6.01. The minimum atomic E-state index is -3.67. The number of nitrogens with one attached hydrogen (secondary N) is 2. The van der Waals surface area contributed by atoms with Gasteiger partial charge in [-0.1, -0.05) is 38.1 Å². The van der Waals surface area contributed by atoms with Gasteiger partial charge in [-0.25, -0.2) is 18.1 Å². The predicted octanol–water partition coefficient (Wildman–Crippen LogP) is 4.50. The van der Waals surface area contributed by atoms with Gasteiger partial charge >= 0.3 is 0 Å². The molecule has 0 bridgehead atoms. The van der Waals surface area contributed by atoms with Crippen molar-refractivity contribution in [1.82, 2.24) is 9.71 Å². The summed E-state index contributed by atoms with van der Waals surface area (Å²) in [5.74, 6) is 0.0985. The number of ether oxygens (including phenoxy) is 1. The highest BCUT2D eigenvalue weighted by atomic mass is 32.2. The van der Waals surface area contributed by atoms with E-state index in [0.29, 0.717) is 17.3 Å². The Kier molecular flexibility index (Phi) is 7.78. The summed E-state index contributed by atoms with van der Waals surface area (Å²) in [6.45, 7) is 6.27. The highest BCUT2D eigenvalue weighted by molar-refractivity contribution is 7.89. The minimum absolute atomic E-state index is 0.110. The second kappa shape index (κ2) is 10.4. The van der Waals surface area contributed by atoms with E-state index in [1.807, 2.05) is 12.1 Å². The standard InChI is InChI=1S/C23H27N3O4S2/c1-15(2)17-5-7-18(8-6-17)23-25-21(14-31-23)22(27)24-19-9-11-20(12-10-19)32(28,29)26-16(3)13-30-4/h5-12,14-16,26H,13H2,1-4H3,(H,24,27)/t16-/m1/s1. The Labute approximate surface area is 192 Å². The molecule has 9 heteroatoms. The van der Waals surface area contributed by atoms with Crippen molar-refractivity contribution >= 4 is 33.0 Å². The third-order valence-corrected chi connectivity index (χ3v) is 7.25. The number of carbonyl (C=O) groups excluding carboxylic acids is 1. The Morgan fingerprint density at radius 3 is 2.31 bits per heavy atom. The van der Waals surface area contributed by atoms with Crippen molar-refractivity contribution in [2.24, 2.45) is 0 Å². The molecule has 1 amide bonds. The number of sulfonamides is 1. The molecule has 0 aliphatic carbocycles. The van der Waals surface area contributed by atoms with Crippen LogP contribution in [0.15, 0.2) is 58.8 Å². The fourth-order valence-corrected chi connectivity index (χ4v) is 5.09. The third-order valence-electron chi connectivity index (χ3n) is 4.76. The number of anilines is 1. The van der Waals surface area contributed by atoms with Gasteiger partial charge in [0.15, 0.2) is 0 Å². The van der Waals surface area contributed by atoms with Crippen LogP contribution in [0.1, 0.15) is 42.7 Å². The SMILES string of the molecule is COC[C@@H](C)NS(=O)(=O)c1ccc(NC(=O)c2csc(-c3ccc(C(C)C)cc3)n2)cc1. The highest BCUT2D eigenvalue weighted by Gasteiger charge is 2.18. The van der Waals surface area contributed by atoms with Gasteiger partial charge in [0.1, 0.15) is 10.7 Å². The fraction of sp³-hybridized carbons (Fsp3) is 0.304. The second-order valence-corrected chi connectivity index (χ2v) is 10.3. The average molecular weight is 474 g/mol.